The highest BCUT2D eigenvalue weighted by molar-refractivity contribution is 6.09. The van der Waals surface area contributed by atoms with Crippen LogP contribution in [0.5, 0.6) is 0 Å². The van der Waals surface area contributed by atoms with Crippen LogP contribution in [0.3, 0.4) is 0 Å². The average Bonchev–Trinajstić information content (AvgIpc) is 3.30. The first kappa shape index (κ1) is 21.0. The monoisotopic (exact) mass is 444 g/mol. The van der Waals surface area contributed by atoms with Gasteiger partial charge in [-0.15, -0.1) is 0 Å². The number of anilines is 1. The summed E-state index contributed by atoms with van der Waals surface area (Å²) in [6.07, 6.45) is 0.255. The van der Waals surface area contributed by atoms with Gasteiger partial charge in [-0.1, -0.05) is 30.3 Å². The topological polar surface area (TPSA) is 68.4 Å². The third-order valence-electron chi connectivity index (χ3n) is 6.22. The van der Waals surface area contributed by atoms with Crippen LogP contribution in [0.1, 0.15) is 16.9 Å². The lowest BCUT2D eigenvalue weighted by molar-refractivity contribution is -0.131. The van der Waals surface area contributed by atoms with E-state index in [4.69, 9.17) is 0 Å². The van der Waals surface area contributed by atoms with Crippen molar-refractivity contribution in [2.24, 2.45) is 0 Å². The Morgan fingerprint density at radius 3 is 2.45 bits per heavy atom. The molecule has 0 bridgehead atoms. The fraction of sp³-hybridized carbons (Fsp3) is 0.231. The molecule has 2 heterocycles. The zero-order chi connectivity index (χ0) is 22.8. The van der Waals surface area contributed by atoms with Gasteiger partial charge in [0.05, 0.1) is 0 Å². The summed E-state index contributed by atoms with van der Waals surface area (Å²) in [6, 6.07) is 20.4. The number of halogens is 1. The summed E-state index contributed by atoms with van der Waals surface area (Å²) in [5, 5.41) is 6.09. The van der Waals surface area contributed by atoms with E-state index in [1.165, 1.54) is 12.1 Å². The average molecular weight is 445 g/mol. The summed E-state index contributed by atoms with van der Waals surface area (Å²) in [5.74, 6) is -0.448. The number of aromatic nitrogens is 1. The minimum Gasteiger partial charge on any atom is -0.368 e. The second kappa shape index (κ2) is 8.94. The number of aromatic amines is 1. The summed E-state index contributed by atoms with van der Waals surface area (Å²) >= 11 is 0. The first-order valence-electron chi connectivity index (χ1n) is 11.2. The molecule has 1 aliphatic rings. The van der Waals surface area contributed by atoms with Crippen molar-refractivity contribution < 1.29 is 14.0 Å². The van der Waals surface area contributed by atoms with Gasteiger partial charge in [0.2, 0.25) is 5.91 Å². The van der Waals surface area contributed by atoms with Crippen molar-refractivity contribution in [1.82, 2.24) is 15.2 Å². The highest BCUT2D eigenvalue weighted by Crippen LogP contribution is 2.26. The molecular formula is C26H25FN4O2. The van der Waals surface area contributed by atoms with E-state index in [-0.39, 0.29) is 30.6 Å². The van der Waals surface area contributed by atoms with Gasteiger partial charge in [-0.2, -0.15) is 0 Å². The Balaban J connectivity index is 1.13. The van der Waals surface area contributed by atoms with Crippen molar-refractivity contribution in [2.45, 2.75) is 6.42 Å². The number of carbonyl (C=O) groups is 2. The molecule has 0 unspecified atom stereocenters. The molecular weight excluding hydrogens is 419 g/mol. The van der Waals surface area contributed by atoms with E-state index in [1.54, 1.807) is 12.1 Å². The summed E-state index contributed by atoms with van der Waals surface area (Å²) < 4.78 is 13.1. The second-order valence-electron chi connectivity index (χ2n) is 8.28. The highest BCUT2D eigenvalue weighted by atomic mass is 19.1. The molecule has 33 heavy (non-hydrogen) atoms. The molecule has 3 aromatic carbocycles. The molecule has 168 valence electrons. The zero-order valence-corrected chi connectivity index (χ0v) is 18.2. The minimum atomic E-state index is -0.254. The van der Waals surface area contributed by atoms with Gasteiger partial charge in [-0.25, -0.2) is 4.39 Å². The fourth-order valence-electron chi connectivity index (χ4n) is 4.41. The molecule has 1 aliphatic heterocycles. The molecule has 1 saturated heterocycles. The molecule has 0 atom stereocenters. The van der Waals surface area contributed by atoms with Crippen LogP contribution in [-0.2, 0) is 4.79 Å². The van der Waals surface area contributed by atoms with E-state index in [0.29, 0.717) is 31.9 Å². The van der Waals surface area contributed by atoms with Crippen molar-refractivity contribution in [3.05, 3.63) is 78.2 Å². The van der Waals surface area contributed by atoms with Crippen molar-refractivity contribution >= 4 is 39.2 Å². The van der Waals surface area contributed by atoms with Gasteiger partial charge in [0.1, 0.15) is 11.5 Å². The lowest BCUT2D eigenvalue weighted by Gasteiger charge is -2.36. The molecule has 0 spiro atoms. The van der Waals surface area contributed by atoms with E-state index in [9.17, 15) is 14.0 Å². The Morgan fingerprint density at radius 1 is 0.909 bits per heavy atom. The van der Waals surface area contributed by atoms with Gasteiger partial charge in [-0.05, 0) is 47.2 Å². The number of hydrogen-bond acceptors (Lipinski definition) is 3. The van der Waals surface area contributed by atoms with E-state index in [0.717, 1.165) is 27.4 Å². The molecule has 2 amide bonds. The van der Waals surface area contributed by atoms with Crippen LogP contribution in [-0.4, -0.2) is 54.4 Å². The summed E-state index contributed by atoms with van der Waals surface area (Å²) in [6.45, 7) is 2.91. The maximum Gasteiger partial charge on any atom is 0.267 e. The number of benzene rings is 3. The number of rotatable bonds is 5. The zero-order valence-electron chi connectivity index (χ0n) is 18.2. The summed E-state index contributed by atoms with van der Waals surface area (Å²) in [4.78, 5) is 32.4. The Labute approximate surface area is 191 Å². The van der Waals surface area contributed by atoms with Crippen LogP contribution >= 0.6 is 0 Å². The number of amides is 2. The Hall–Kier alpha value is -3.87. The molecule has 0 saturated carbocycles. The van der Waals surface area contributed by atoms with Crippen LogP contribution in [0.25, 0.3) is 21.7 Å². The second-order valence-corrected chi connectivity index (χ2v) is 8.28. The first-order chi connectivity index (χ1) is 16.1. The number of carbonyl (C=O) groups excluding carboxylic acids is 2. The quantitative estimate of drug-likeness (QED) is 0.490. The first-order valence-corrected chi connectivity index (χ1v) is 11.2. The Kier molecular flexibility index (Phi) is 5.69. The maximum absolute atomic E-state index is 13.1. The predicted molar refractivity (Wildman–Crippen MR) is 128 cm³/mol. The molecule has 7 heteroatoms. The van der Waals surface area contributed by atoms with E-state index < -0.39 is 0 Å². The van der Waals surface area contributed by atoms with E-state index in [2.05, 4.69) is 15.2 Å². The molecule has 0 radical (unpaired) electrons. The van der Waals surface area contributed by atoms with Crippen molar-refractivity contribution in [3.63, 3.8) is 0 Å². The van der Waals surface area contributed by atoms with Crippen LogP contribution in [0.2, 0.25) is 0 Å². The normalized spacial score (nSPS) is 14.1. The van der Waals surface area contributed by atoms with Gasteiger partial charge >= 0.3 is 0 Å². The minimum absolute atomic E-state index is 0.0247. The van der Waals surface area contributed by atoms with Crippen LogP contribution in [0.4, 0.5) is 10.1 Å². The third kappa shape index (κ3) is 4.39. The molecule has 1 aromatic heterocycles. The fourth-order valence-corrected chi connectivity index (χ4v) is 4.41. The highest BCUT2D eigenvalue weighted by Gasteiger charge is 2.21. The molecule has 4 aromatic rings. The SMILES string of the molecule is O=C(NCCC(=O)N1CCN(c2ccc(F)cc2)CC1)c1cc2c(ccc3ccccc32)[nH]1. The van der Waals surface area contributed by atoms with Gasteiger partial charge in [0.25, 0.3) is 5.91 Å². The molecule has 5 rings (SSSR count). The number of nitrogens with zero attached hydrogens (tertiary/aromatic N) is 2. The van der Waals surface area contributed by atoms with Gasteiger partial charge in [0, 0.05) is 55.7 Å². The number of hydrogen-bond donors (Lipinski definition) is 2. The van der Waals surface area contributed by atoms with Crippen LogP contribution in [0.15, 0.2) is 66.7 Å². The smallest absolute Gasteiger partial charge is 0.267 e. The Morgan fingerprint density at radius 2 is 1.67 bits per heavy atom. The predicted octanol–water partition coefficient (Wildman–Crippen LogP) is 3.93. The van der Waals surface area contributed by atoms with Crippen LogP contribution < -0.4 is 10.2 Å². The number of piperazine rings is 1. The largest absolute Gasteiger partial charge is 0.368 e. The van der Waals surface area contributed by atoms with Crippen LogP contribution in [0, 0.1) is 5.82 Å². The lowest BCUT2D eigenvalue weighted by Crippen LogP contribution is -2.49. The van der Waals surface area contributed by atoms with Gasteiger partial charge < -0.3 is 20.1 Å². The molecule has 6 nitrogen and oxygen atoms in total. The van der Waals surface area contributed by atoms with Crippen molar-refractivity contribution in [3.8, 4) is 0 Å². The lowest BCUT2D eigenvalue weighted by atomic mass is 10.1. The van der Waals surface area contributed by atoms with Crippen molar-refractivity contribution in [1.29, 1.82) is 0 Å². The number of nitrogens with one attached hydrogen (secondary N) is 2. The maximum atomic E-state index is 13.1. The molecule has 2 N–H and O–H groups in total. The van der Waals surface area contributed by atoms with Gasteiger partial charge in [-0.3, -0.25) is 9.59 Å². The number of H-pyrrole nitrogens is 1. The standard InChI is InChI=1S/C26H25FN4O2/c27-19-6-8-20(9-7-19)30-13-15-31(16-14-30)25(32)11-12-28-26(33)24-17-22-21-4-2-1-3-18(21)5-10-23(22)29-24/h1-10,17,29H,11-16H2,(H,28,33). The molecule has 1 fully saturated rings. The van der Waals surface area contributed by atoms with E-state index >= 15 is 0 Å². The number of fused-ring (bicyclic) bond motifs is 3. The summed E-state index contributed by atoms with van der Waals surface area (Å²) in [5.41, 5.74) is 2.36. The third-order valence-corrected chi connectivity index (χ3v) is 6.22. The van der Waals surface area contributed by atoms with E-state index in [1.807, 2.05) is 47.4 Å². The summed E-state index contributed by atoms with van der Waals surface area (Å²) in [7, 11) is 0. The molecule has 0 aliphatic carbocycles. The Bertz CT molecular complexity index is 1310. The van der Waals surface area contributed by atoms with Gasteiger partial charge in [0.15, 0.2) is 0 Å². The van der Waals surface area contributed by atoms with Crippen molar-refractivity contribution in [2.75, 3.05) is 37.6 Å².